The van der Waals surface area contributed by atoms with E-state index in [0.29, 0.717) is 11.3 Å². The van der Waals surface area contributed by atoms with E-state index in [1.165, 1.54) is 17.0 Å². The zero-order valence-electron chi connectivity index (χ0n) is 15.6. The van der Waals surface area contributed by atoms with Gasteiger partial charge >= 0.3 is 0 Å². The number of aromatic nitrogens is 1. The summed E-state index contributed by atoms with van der Waals surface area (Å²) in [6, 6.07) is 11.4. The molecule has 0 unspecified atom stereocenters. The number of rotatable bonds is 4. The molecule has 2 amide bonds. The van der Waals surface area contributed by atoms with Gasteiger partial charge in [0.1, 0.15) is 5.82 Å². The number of halogens is 2. The molecule has 0 radical (unpaired) electrons. The predicted molar refractivity (Wildman–Crippen MR) is 108 cm³/mol. The number of hydrogen-bond acceptors (Lipinski definition) is 3. The minimum absolute atomic E-state index is 0.0383. The number of nitrogens with one attached hydrogen (secondary N) is 2. The number of aromatic amines is 1. The number of aliphatic hydroxyl groups is 1. The van der Waals surface area contributed by atoms with Gasteiger partial charge in [-0.2, -0.15) is 0 Å². The first-order valence-electron chi connectivity index (χ1n) is 9.13. The average molecular weight is 416 g/mol. The summed E-state index contributed by atoms with van der Waals surface area (Å²) in [6.07, 6.45) is -0.0383. The zero-order chi connectivity index (χ0) is 20.8. The Morgan fingerprint density at radius 3 is 2.86 bits per heavy atom. The molecule has 1 aliphatic heterocycles. The van der Waals surface area contributed by atoms with E-state index in [2.05, 4.69) is 10.3 Å². The van der Waals surface area contributed by atoms with Crippen molar-refractivity contribution in [3.63, 3.8) is 0 Å². The third-order valence-corrected chi connectivity index (χ3v) is 5.32. The van der Waals surface area contributed by atoms with E-state index in [4.69, 9.17) is 11.6 Å². The van der Waals surface area contributed by atoms with Crippen LogP contribution >= 0.6 is 11.6 Å². The van der Waals surface area contributed by atoms with Gasteiger partial charge < -0.3 is 20.3 Å². The molecule has 1 aromatic heterocycles. The normalized spacial score (nSPS) is 19.2. The topological polar surface area (TPSA) is 85.4 Å². The zero-order valence-corrected chi connectivity index (χ0v) is 16.4. The summed E-state index contributed by atoms with van der Waals surface area (Å²) in [6.45, 7) is 2.09. The maximum absolute atomic E-state index is 13.4. The summed E-state index contributed by atoms with van der Waals surface area (Å²) in [5.41, 5.74) is 0.735. The van der Waals surface area contributed by atoms with Gasteiger partial charge in [0.25, 0.3) is 11.8 Å². The highest BCUT2D eigenvalue weighted by Gasteiger charge is 2.51. The van der Waals surface area contributed by atoms with Crippen molar-refractivity contribution in [2.75, 3.05) is 11.4 Å². The molecule has 0 spiro atoms. The third-order valence-electron chi connectivity index (χ3n) is 5.10. The molecule has 29 heavy (non-hydrogen) atoms. The number of H-pyrrole nitrogens is 1. The second kappa shape index (κ2) is 7.17. The minimum atomic E-state index is -2.17. The molecule has 0 bridgehead atoms. The van der Waals surface area contributed by atoms with Crippen molar-refractivity contribution in [3.05, 3.63) is 64.6 Å². The van der Waals surface area contributed by atoms with Crippen LogP contribution in [0, 0.1) is 12.7 Å². The summed E-state index contributed by atoms with van der Waals surface area (Å²) in [5, 5.41) is 14.5. The Bertz CT molecular complexity index is 1110. The largest absolute Gasteiger partial charge is 0.372 e. The van der Waals surface area contributed by atoms with E-state index in [0.717, 1.165) is 22.7 Å². The second-order valence-electron chi connectivity index (χ2n) is 7.25. The summed E-state index contributed by atoms with van der Waals surface area (Å²) in [4.78, 5) is 30.0. The number of nitrogens with zero attached hydrogens (tertiary/aromatic N) is 1. The smallest absolute Gasteiger partial charge is 0.268 e. The highest BCUT2D eigenvalue weighted by Crippen LogP contribution is 2.31. The summed E-state index contributed by atoms with van der Waals surface area (Å²) >= 11 is 5.81. The summed E-state index contributed by atoms with van der Waals surface area (Å²) in [7, 11) is 0. The van der Waals surface area contributed by atoms with E-state index < -0.39 is 23.2 Å². The molecule has 1 saturated heterocycles. The van der Waals surface area contributed by atoms with Crippen LogP contribution in [0.4, 0.5) is 10.1 Å². The van der Waals surface area contributed by atoms with E-state index in [-0.39, 0.29) is 24.5 Å². The SMILES string of the molecule is Cc1cc2ccc(N3CC[C@@](O)(C(=O)NCc4cc(F)cc(Cl)c4)C3=O)cc2[nH]1. The Morgan fingerprint density at radius 2 is 2.10 bits per heavy atom. The van der Waals surface area contributed by atoms with Gasteiger partial charge in [-0.3, -0.25) is 9.59 Å². The highest BCUT2D eigenvalue weighted by molar-refractivity contribution is 6.30. The Kier molecular flexibility index (Phi) is 4.80. The number of hydrogen-bond donors (Lipinski definition) is 3. The lowest BCUT2D eigenvalue weighted by Crippen LogP contribution is -2.52. The van der Waals surface area contributed by atoms with Crippen molar-refractivity contribution in [2.24, 2.45) is 0 Å². The van der Waals surface area contributed by atoms with Gasteiger partial charge in [0.05, 0.1) is 0 Å². The van der Waals surface area contributed by atoms with Crippen molar-refractivity contribution in [1.29, 1.82) is 0 Å². The van der Waals surface area contributed by atoms with E-state index >= 15 is 0 Å². The van der Waals surface area contributed by atoms with Gasteiger partial charge in [0.15, 0.2) is 0 Å². The molecule has 1 aliphatic rings. The quantitative estimate of drug-likeness (QED) is 0.572. The maximum atomic E-state index is 13.4. The Labute approximate surface area is 171 Å². The van der Waals surface area contributed by atoms with Gasteiger partial charge in [0, 0.05) is 41.4 Å². The van der Waals surface area contributed by atoms with Crippen LogP contribution in [0.2, 0.25) is 5.02 Å². The van der Waals surface area contributed by atoms with Crippen molar-refractivity contribution in [3.8, 4) is 0 Å². The Hall–Kier alpha value is -2.90. The fourth-order valence-corrected chi connectivity index (χ4v) is 3.88. The van der Waals surface area contributed by atoms with Crippen LogP contribution in [0.5, 0.6) is 0 Å². The predicted octanol–water partition coefficient (Wildman–Crippen LogP) is 3.05. The van der Waals surface area contributed by atoms with Gasteiger partial charge in [0.2, 0.25) is 5.60 Å². The van der Waals surface area contributed by atoms with Crippen LogP contribution in [-0.4, -0.2) is 34.1 Å². The number of amides is 2. The average Bonchev–Trinajstić information content (AvgIpc) is 3.18. The molecule has 2 aromatic carbocycles. The van der Waals surface area contributed by atoms with Crippen LogP contribution in [0.1, 0.15) is 17.7 Å². The van der Waals surface area contributed by atoms with Gasteiger partial charge in [-0.05, 0) is 54.3 Å². The fourth-order valence-electron chi connectivity index (χ4n) is 3.63. The van der Waals surface area contributed by atoms with Crippen molar-refractivity contribution >= 4 is 40.0 Å². The molecule has 3 N–H and O–H groups in total. The lowest BCUT2D eigenvalue weighted by Gasteiger charge is -2.22. The van der Waals surface area contributed by atoms with Crippen LogP contribution in [0.3, 0.4) is 0 Å². The monoisotopic (exact) mass is 415 g/mol. The standard InChI is InChI=1S/C21H19ClFN3O3/c1-12-6-14-2-3-17(10-18(14)25-12)26-5-4-21(29,20(26)28)19(27)24-11-13-7-15(22)9-16(23)8-13/h2-3,6-10,25,29H,4-5,11H2,1H3,(H,24,27)/t21-/m1/s1. The number of anilines is 1. The van der Waals surface area contributed by atoms with E-state index in [9.17, 15) is 19.1 Å². The lowest BCUT2D eigenvalue weighted by molar-refractivity contribution is -0.149. The van der Waals surface area contributed by atoms with Gasteiger partial charge in [-0.25, -0.2) is 4.39 Å². The molecule has 2 heterocycles. The Balaban J connectivity index is 1.50. The number of carbonyl (C=O) groups excluding carboxylic acids is 2. The molecule has 3 aromatic rings. The number of carbonyl (C=O) groups is 2. The molecule has 1 fully saturated rings. The van der Waals surface area contributed by atoms with E-state index in [1.54, 1.807) is 6.07 Å². The lowest BCUT2D eigenvalue weighted by atomic mass is 10.0. The van der Waals surface area contributed by atoms with Crippen LogP contribution in [0.15, 0.2) is 42.5 Å². The van der Waals surface area contributed by atoms with Crippen LogP contribution in [0.25, 0.3) is 10.9 Å². The summed E-state index contributed by atoms with van der Waals surface area (Å²) < 4.78 is 13.4. The molecule has 150 valence electrons. The minimum Gasteiger partial charge on any atom is -0.372 e. The second-order valence-corrected chi connectivity index (χ2v) is 7.69. The number of benzene rings is 2. The van der Waals surface area contributed by atoms with Crippen molar-refractivity contribution < 1.29 is 19.1 Å². The fraction of sp³-hybridized carbons (Fsp3) is 0.238. The molecule has 6 nitrogen and oxygen atoms in total. The molecule has 4 rings (SSSR count). The molecule has 0 aliphatic carbocycles. The van der Waals surface area contributed by atoms with Crippen molar-refractivity contribution in [1.82, 2.24) is 10.3 Å². The Morgan fingerprint density at radius 1 is 1.31 bits per heavy atom. The first-order chi connectivity index (χ1) is 13.8. The number of aryl methyl sites for hydroxylation is 1. The first-order valence-corrected chi connectivity index (χ1v) is 9.51. The maximum Gasteiger partial charge on any atom is 0.268 e. The van der Waals surface area contributed by atoms with Gasteiger partial charge in [-0.1, -0.05) is 17.7 Å². The van der Waals surface area contributed by atoms with Gasteiger partial charge in [-0.15, -0.1) is 0 Å². The first kappa shape index (κ1) is 19.4. The van der Waals surface area contributed by atoms with E-state index in [1.807, 2.05) is 25.1 Å². The molecule has 8 heteroatoms. The molecule has 0 saturated carbocycles. The third kappa shape index (κ3) is 3.59. The highest BCUT2D eigenvalue weighted by atomic mass is 35.5. The molecular weight excluding hydrogens is 397 g/mol. The van der Waals surface area contributed by atoms with Crippen molar-refractivity contribution in [2.45, 2.75) is 25.5 Å². The molecular formula is C21H19ClFN3O3. The van der Waals surface area contributed by atoms with Crippen LogP contribution < -0.4 is 10.2 Å². The number of fused-ring (bicyclic) bond motifs is 1. The summed E-state index contributed by atoms with van der Waals surface area (Å²) in [5.74, 6) is -2.03. The van der Waals surface area contributed by atoms with Crippen LogP contribution in [-0.2, 0) is 16.1 Å². The molecule has 1 atom stereocenters.